The van der Waals surface area contributed by atoms with Gasteiger partial charge in [-0.2, -0.15) is 0 Å². The lowest BCUT2D eigenvalue weighted by molar-refractivity contribution is -0.160. The fraction of sp³-hybridized carbons (Fsp3) is 0.243. The molecule has 4 aromatic rings. The van der Waals surface area contributed by atoms with Crippen LogP contribution in [0.1, 0.15) is 73.9 Å². The first kappa shape index (κ1) is 31.2. The van der Waals surface area contributed by atoms with Crippen LogP contribution in [0.3, 0.4) is 0 Å². The Kier molecular flexibility index (Phi) is 9.42. The van der Waals surface area contributed by atoms with E-state index in [1.807, 2.05) is 84.9 Å². The predicted octanol–water partition coefficient (Wildman–Crippen LogP) is 6.68. The molecule has 0 aromatic heterocycles. The van der Waals surface area contributed by atoms with E-state index in [0.29, 0.717) is 11.1 Å². The topological polar surface area (TPSA) is 99.2 Å². The Morgan fingerprint density at radius 3 is 1.24 bits per heavy atom. The number of carbonyl (C=O) groups is 4. The van der Waals surface area contributed by atoms with Gasteiger partial charge >= 0.3 is 17.9 Å². The van der Waals surface area contributed by atoms with E-state index in [2.05, 4.69) is 0 Å². The van der Waals surface area contributed by atoms with E-state index in [1.54, 1.807) is 29.2 Å². The third-order valence-corrected chi connectivity index (χ3v) is 8.00. The third kappa shape index (κ3) is 6.65. The molecule has 0 saturated carbocycles. The van der Waals surface area contributed by atoms with Gasteiger partial charge in [0.25, 0.3) is 0 Å². The molecule has 0 N–H and O–H groups in total. The highest BCUT2D eigenvalue weighted by Crippen LogP contribution is 2.58. The Labute approximate surface area is 262 Å². The largest absolute Gasteiger partial charge is 0.461 e. The minimum absolute atomic E-state index is 0.275. The molecule has 1 heterocycles. The third-order valence-electron chi connectivity index (χ3n) is 8.00. The molecule has 0 aliphatic carbocycles. The second kappa shape index (κ2) is 13.6. The van der Waals surface area contributed by atoms with Crippen molar-refractivity contribution < 1.29 is 33.4 Å². The van der Waals surface area contributed by atoms with E-state index in [1.165, 1.54) is 27.7 Å². The van der Waals surface area contributed by atoms with E-state index in [9.17, 15) is 19.2 Å². The molecule has 230 valence electrons. The second-order valence-electron chi connectivity index (χ2n) is 11.0. The number of amides is 1. The van der Waals surface area contributed by atoms with Crippen molar-refractivity contribution in [2.75, 3.05) is 0 Å². The van der Waals surface area contributed by atoms with Crippen molar-refractivity contribution in [3.8, 4) is 11.5 Å². The maximum atomic E-state index is 14.1. The monoisotopic (exact) mass is 605 g/mol. The van der Waals surface area contributed by atoms with Crippen LogP contribution >= 0.6 is 0 Å². The van der Waals surface area contributed by atoms with Crippen molar-refractivity contribution in [3.05, 3.63) is 131 Å². The van der Waals surface area contributed by atoms with Gasteiger partial charge in [0.05, 0.1) is 12.1 Å². The van der Waals surface area contributed by atoms with Gasteiger partial charge in [0, 0.05) is 50.7 Å². The Bertz CT molecular complexity index is 1580. The van der Waals surface area contributed by atoms with Crippen molar-refractivity contribution in [2.24, 2.45) is 0 Å². The molecule has 0 radical (unpaired) electrons. The number of esters is 3. The molecule has 1 aliphatic heterocycles. The molecule has 1 amide bonds. The summed E-state index contributed by atoms with van der Waals surface area (Å²) in [6.45, 7) is 5.49. The summed E-state index contributed by atoms with van der Waals surface area (Å²) in [5, 5.41) is 0. The van der Waals surface area contributed by atoms with Crippen LogP contribution in [0.4, 0.5) is 0 Å². The molecule has 4 unspecified atom stereocenters. The Morgan fingerprint density at radius 2 is 0.889 bits per heavy atom. The van der Waals surface area contributed by atoms with Crippen LogP contribution in [0.5, 0.6) is 11.5 Å². The van der Waals surface area contributed by atoms with E-state index in [0.717, 1.165) is 11.1 Å². The predicted molar refractivity (Wildman–Crippen MR) is 167 cm³/mol. The van der Waals surface area contributed by atoms with Gasteiger partial charge in [-0.25, -0.2) is 0 Å². The van der Waals surface area contributed by atoms with Crippen LogP contribution < -0.4 is 9.47 Å². The van der Waals surface area contributed by atoms with E-state index in [-0.39, 0.29) is 17.4 Å². The summed E-state index contributed by atoms with van der Waals surface area (Å²) in [6.07, 6.45) is -0.811. The van der Waals surface area contributed by atoms with Crippen molar-refractivity contribution in [1.29, 1.82) is 0 Å². The average Bonchev–Trinajstić information content (AvgIpc) is 3.01. The summed E-state index contributed by atoms with van der Waals surface area (Å²) in [4.78, 5) is 53.4. The molecule has 4 atom stereocenters. The molecule has 5 rings (SSSR count). The molecular formula is C37H35NO7. The van der Waals surface area contributed by atoms with Gasteiger partial charge in [-0.15, -0.1) is 0 Å². The SMILES string of the molecule is CC(=O)Oc1ccccc1C1C(c2ccccc2)C(OC(C)=O)C(c2ccccc2)C(c2ccccc2OC(C)=O)N1C(C)=O. The van der Waals surface area contributed by atoms with Gasteiger partial charge in [-0.3, -0.25) is 19.2 Å². The molecule has 1 fully saturated rings. The average molecular weight is 606 g/mol. The molecule has 0 bridgehead atoms. The lowest BCUT2D eigenvalue weighted by Gasteiger charge is -2.54. The summed E-state index contributed by atoms with van der Waals surface area (Å²) < 4.78 is 17.7. The number of likely N-dealkylation sites (tertiary alicyclic amines) is 1. The van der Waals surface area contributed by atoms with Crippen LogP contribution in [-0.4, -0.2) is 34.8 Å². The normalized spacial score (nSPS) is 21.0. The molecule has 1 saturated heterocycles. The summed E-state index contributed by atoms with van der Waals surface area (Å²) >= 11 is 0. The summed E-state index contributed by atoms with van der Waals surface area (Å²) in [5.41, 5.74) is 2.78. The van der Waals surface area contributed by atoms with Crippen molar-refractivity contribution in [2.45, 2.75) is 57.7 Å². The van der Waals surface area contributed by atoms with Crippen LogP contribution in [0.2, 0.25) is 0 Å². The Balaban J connectivity index is 1.90. The van der Waals surface area contributed by atoms with Crippen LogP contribution in [0.25, 0.3) is 0 Å². The van der Waals surface area contributed by atoms with Gasteiger partial charge in [0.15, 0.2) is 0 Å². The molecule has 0 spiro atoms. The standard InChI is InChI=1S/C37H35NO7/c1-23(39)38-35(29-19-11-13-21-31(29)43-24(2)40)33(27-15-7-5-8-16-27)37(45-26(4)42)34(28-17-9-6-10-18-28)36(38)30-20-12-14-22-32(30)44-25(3)41/h5-22,33-37H,1-4H3. The van der Waals surface area contributed by atoms with Crippen molar-refractivity contribution in [3.63, 3.8) is 0 Å². The molecule has 8 nitrogen and oxygen atoms in total. The molecule has 45 heavy (non-hydrogen) atoms. The number of para-hydroxylation sites is 2. The molecule has 4 aromatic carbocycles. The Morgan fingerprint density at radius 1 is 0.511 bits per heavy atom. The zero-order chi connectivity index (χ0) is 32.1. The zero-order valence-corrected chi connectivity index (χ0v) is 25.6. The number of benzene rings is 4. The first-order valence-corrected chi connectivity index (χ1v) is 14.8. The minimum Gasteiger partial charge on any atom is -0.461 e. The van der Waals surface area contributed by atoms with Gasteiger partial charge in [-0.05, 0) is 23.3 Å². The highest BCUT2D eigenvalue weighted by atomic mass is 16.5. The molecule has 8 heteroatoms. The molecular weight excluding hydrogens is 570 g/mol. The second-order valence-corrected chi connectivity index (χ2v) is 11.0. The van der Waals surface area contributed by atoms with E-state index >= 15 is 0 Å². The lowest BCUT2D eigenvalue weighted by atomic mass is 9.67. The lowest BCUT2D eigenvalue weighted by Crippen LogP contribution is -2.53. The van der Waals surface area contributed by atoms with Crippen LogP contribution in [-0.2, 0) is 23.9 Å². The van der Waals surface area contributed by atoms with Crippen molar-refractivity contribution >= 4 is 23.8 Å². The first-order valence-electron chi connectivity index (χ1n) is 14.8. The Hall–Kier alpha value is -5.24. The van der Waals surface area contributed by atoms with Crippen molar-refractivity contribution in [1.82, 2.24) is 4.90 Å². The summed E-state index contributed by atoms with van der Waals surface area (Å²) in [6, 6.07) is 31.7. The van der Waals surface area contributed by atoms with Gasteiger partial charge in [0.1, 0.15) is 17.6 Å². The first-order chi connectivity index (χ1) is 21.7. The minimum atomic E-state index is -0.811. The van der Waals surface area contributed by atoms with Gasteiger partial charge in [0.2, 0.25) is 5.91 Å². The number of rotatable bonds is 7. The highest BCUT2D eigenvalue weighted by molar-refractivity contribution is 5.77. The summed E-state index contributed by atoms with van der Waals surface area (Å²) in [7, 11) is 0. The van der Waals surface area contributed by atoms with Crippen LogP contribution in [0.15, 0.2) is 109 Å². The molecule has 1 aliphatic rings. The smallest absolute Gasteiger partial charge is 0.308 e. The fourth-order valence-electron chi connectivity index (χ4n) is 6.56. The number of piperidine rings is 1. The van der Waals surface area contributed by atoms with Gasteiger partial charge in [-0.1, -0.05) is 97.1 Å². The highest BCUT2D eigenvalue weighted by Gasteiger charge is 2.55. The van der Waals surface area contributed by atoms with Gasteiger partial charge < -0.3 is 19.1 Å². The number of nitrogens with zero attached hydrogens (tertiary/aromatic N) is 1. The van der Waals surface area contributed by atoms with E-state index in [4.69, 9.17) is 14.2 Å². The van der Waals surface area contributed by atoms with Crippen LogP contribution in [0, 0.1) is 0 Å². The maximum Gasteiger partial charge on any atom is 0.308 e. The quantitative estimate of drug-likeness (QED) is 0.171. The maximum absolute atomic E-state index is 14.1. The number of ether oxygens (including phenoxy) is 3. The zero-order valence-electron chi connectivity index (χ0n) is 25.6. The summed E-state index contributed by atoms with van der Waals surface area (Å²) in [5.74, 6) is -2.42. The van der Waals surface area contributed by atoms with E-state index < -0.39 is 47.9 Å². The fourth-order valence-corrected chi connectivity index (χ4v) is 6.56. The number of carbonyl (C=O) groups excluding carboxylic acids is 4. The number of hydrogen-bond acceptors (Lipinski definition) is 7. The number of hydrogen-bond donors (Lipinski definition) is 0.